The lowest BCUT2D eigenvalue weighted by Crippen LogP contribution is -1.72. The second-order valence-corrected chi connectivity index (χ2v) is 2.41. The third kappa shape index (κ3) is 3.12. The average molecular weight is 123 g/mol. The molecule has 0 heteroatoms. The van der Waals surface area contributed by atoms with Crippen molar-refractivity contribution in [2.75, 3.05) is 0 Å². The first kappa shape index (κ1) is 5.28. The van der Waals surface area contributed by atoms with Gasteiger partial charge in [0.2, 0.25) is 0 Å². The molecule has 0 spiro atoms. The maximum Gasteiger partial charge on any atom is 0.0619 e. The summed E-state index contributed by atoms with van der Waals surface area (Å²) in [5.41, 5.74) is 0. The van der Waals surface area contributed by atoms with Crippen LogP contribution in [0.5, 0.6) is 0 Å². The third-order valence-corrected chi connectivity index (χ3v) is 1.55. The Morgan fingerprint density at radius 3 is 2.67 bits per heavy atom. The molecule has 0 bridgehead atoms. The summed E-state index contributed by atoms with van der Waals surface area (Å²) >= 11 is 0. The van der Waals surface area contributed by atoms with Crippen molar-refractivity contribution in [2.24, 2.45) is 0 Å². The van der Waals surface area contributed by atoms with E-state index in [0.29, 0.717) is 6.05 Å². The van der Waals surface area contributed by atoms with Crippen LogP contribution in [-0.2, 0) is 0 Å². The van der Waals surface area contributed by atoms with Crippen LogP contribution in [0, 0.1) is 0 Å². The van der Waals surface area contributed by atoms with Crippen molar-refractivity contribution in [1.29, 1.82) is 0 Å². The van der Waals surface area contributed by atoms with Gasteiger partial charge < -0.3 is 0 Å². The van der Waals surface area contributed by atoms with Crippen LogP contribution in [0.15, 0.2) is 24.3 Å². The fourth-order valence-corrected chi connectivity index (χ4v) is 0.988. The lowest BCUT2D eigenvalue weighted by atomic mass is 10.1. The van der Waals surface area contributed by atoms with E-state index in [1.54, 1.807) is 0 Å². The molecule has 0 aromatic carbocycles. The maximum atomic E-state index is 7.38. The van der Waals surface area contributed by atoms with Gasteiger partial charge in [0.05, 0.1) is 1.37 Å². The zero-order chi connectivity index (χ0) is 7.23. The fourth-order valence-electron chi connectivity index (χ4n) is 0.988. The van der Waals surface area contributed by atoms with Gasteiger partial charge in [0.1, 0.15) is 0 Å². The topological polar surface area (TPSA) is 0 Å². The zero-order valence-electron chi connectivity index (χ0n) is 6.77. The second-order valence-electron chi connectivity index (χ2n) is 2.41. The highest BCUT2D eigenvalue weighted by atomic mass is 13.9. The van der Waals surface area contributed by atoms with Gasteiger partial charge in [-0.2, -0.15) is 0 Å². The van der Waals surface area contributed by atoms with Crippen LogP contribution < -0.4 is 0 Å². The third-order valence-electron chi connectivity index (χ3n) is 1.55. The van der Waals surface area contributed by atoms with Gasteiger partial charge in [-0.15, -0.1) is 0 Å². The molecule has 0 unspecified atom stereocenters. The standard InChI is InChI=1S/C9H14/c1-2-4-6-8-9-7-5-3-1/h1-4H,5-9H2/b3-1-,4-2-/i1D. The van der Waals surface area contributed by atoms with Crippen LogP contribution in [0.1, 0.15) is 33.5 Å². The number of rotatable bonds is 0. The maximum absolute atomic E-state index is 7.38. The van der Waals surface area contributed by atoms with Crippen LogP contribution in [0.4, 0.5) is 0 Å². The lowest BCUT2D eigenvalue weighted by molar-refractivity contribution is 0.698. The van der Waals surface area contributed by atoms with Crippen molar-refractivity contribution in [2.45, 2.75) is 32.1 Å². The van der Waals surface area contributed by atoms with Gasteiger partial charge in [-0.1, -0.05) is 30.7 Å². The minimum atomic E-state index is 0.682. The van der Waals surface area contributed by atoms with E-state index < -0.39 is 0 Å². The van der Waals surface area contributed by atoms with Crippen molar-refractivity contribution in [3.8, 4) is 0 Å². The highest BCUT2D eigenvalue weighted by Gasteiger charge is 1.86. The molecule has 0 saturated carbocycles. The molecule has 0 N–H and O–H groups in total. The first-order valence-corrected chi connectivity index (χ1v) is 3.73. The molecular formula is C9H14. The summed E-state index contributed by atoms with van der Waals surface area (Å²) in [4.78, 5) is 0. The summed E-state index contributed by atoms with van der Waals surface area (Å²) < 4.78 is 7.38. The monoisotopic (exact) mass is 123 g/mol. The van der Waals surface area contributed by atoms with Gasteiger partial charge in [0, 0.05) is 0 Å². The molecule has 0 radical (unpaired) electrons. The second kappa shape index (κ2) is 4.37. The molecule has 0 saturated heterocycles. The number of hydrogen-bond donors (Lipinski definition) is 0. The lowest BCUT2D eigenvalue weighted by Gasteiger charge is -1.91. The number of allylic oxidation sites excluding steroid dienone is 4. The molecule has 0 aromatic rings. The molecule has 1 rings (SSSR count). The Hall–Kier alpha value is -0.520. The van der Waals surface area contributed by atoms with Crippen LogP contribution in [0.2, 0.25) is 0 Å². The Morgan fingerprint density at radius 2 is 1.78 bits per heavy atom. The molecule has 0 fully saturated rings. The molecule has 50 valence electrons. The van der Waals surface area contributed by atoms with Gasteiger partial charge in [-0.05, 0) is 25.7 Å². The van der Waals surface area contributed by atoms with E-state index in [-0.39, 0.29) is 0 Å². The summed E-state index contributed by atoms with van der Waals surface area (Å²) in [5.74, 6) is 0. The van der Waals surface area contributed by atoms with Gasteiger partial charge >= 0.3 is 0 Å². The zero-order valence-corrected chi connectivity index (χ0v) is 5.77. The highest BCUT2D eigenvalue weighted by molar-refractivity contribution is 5.02. The molecule has 1 aliphatic carbocycles. The Kier molecular flexibility index (Phi) is 2.56. The molecule has 0 aliphatic heterocycles. The molecule has 0 aromatic heterocycles. The van der Waals surface area contributed by atoms with E-state index in [1.165, 1.54) is 19.3 Å². The molecule has 0 atom stereocenters. The summed E-state index contributed by atoms with van der Waals surface area (Å²) in [6, 6.07) is 0.682. The van der Waals surface area contributed by atoms with E-state index in [1.807, 2.05) is 12.2 Å². The molecule has 0 amide bonds. The summed E-state index contributed by atoms with van der Waals surface area (Å²) in [5, 5.41) is 0. The van der Waals surface area contributed by atoms with E-state index >= 15 is 0 Å². The van der Waals surface area contributed by atoms with Gasteiger partial charge in [-0.25, -0.2) is 0 Å². The fraction of sp³-hybridized carbons (Fsp3) is 0.556. The molecular weight excluding hydrogens is 108 g/mol. The summed E-state index contributed by atoms with van der Waals surface area (Å²) in [7, 11) is 0. The summed E-state index contributed by atoms with van der Waals surface area (Å²) in [6.07, 6.45) is 12.1. The molecule has 9 heavy (non-hydrogen) atoms. The quantitative estimate of drug-likeness (QED) is 0.464. The largest absolute Gasteiger partial charge is 0.0845 e. The van der Waals surface area contributed by atoms with Crippen molar-refractivity contribution >= 4 is 0 Å². The Labute approximate surface area is 58.7 Å². The van der Waals surface area contributed by atoms with Crippen LogP contribution in [-0.4, -0.2) is 0 Å². The normalized spacial score (nSPS) is 32.4. The first-order chi connectivity index (χ1) is 4.89. The SMILES string of the molecule is [2H]C1=C/CCCCC/C=C\1. The predicted molar refractivity (Wildman–Crippen MR) is 41.4 cm³/mol. The Balaban J connectivity index is 2.44. The smallest absolute Gasteiger partial charge is 0.0619 e. The molecule has 0 nitrogen and oxygen atoms in total. The van der Waals surface area contributed by atoms with E-state index in [4.69, 9.17) is 1.37 Å². The van der Waals surface area contributed by atoms with Crippen molar-refractivity contribution < 1.29 is 1.37 Å². The molecule has 0 heterocycles. The number of hydrogen-bond acceptors (Lipinski definition) is 0. The van der Waals surface area contributed by atoms with Crippen LogP contribution >= 0.6 is 0 Å². The van der Waals surface area contributed by atoms with Crippen molar-refractivity contribution in [1.82, 2.24) is 0 Å². The Bertz CT molecular complexity index is 145. The van der Waals surface area contributed by atoms with Crippen molar-refractivity contribution in [3.63, 3.8) is 0 Å². The first-order valence-electron chi connectivity index (χ1n) is 4.23. The van der Waals surface area contributed by atoms with E-state index in [9.17, 15) is 0 Å². The minimum absolute atomic E-state index is 0.682. The molecule has 1 aliphatic rings. The van der Waals surface area contributed by atoms with Gasteiger partial charge in [-0.3, -0.25) is 0 Å². The highest BCUT2D eigenvalue weighted by Crippen LogP contribution is 2.06. The van der Waals surface area contributed by atoms with Gasteiger partial charge in [0.15, 0.2) is 0 Å². The Morgan fingerprint density at radius 1 is 1.00 bits per heavy atom. The predicted octanol–water partition coefficient (Wildman–Crippen LogP) is 3.06. The minimum Gasteiger partial charge on any atom is -0.0845 e. The van der Waals surface area contributed by atoms with E-state index in [2.05, 4.69) is 6.08 Å². The van der Waals surface area contributed by atoms with E-state index in [0.717, 1.165) is 12.8 Å². The van der Waals surface area contributed by atoms with Crippen LogP contribution in [0.3, 0.4) is 0 Å². The van der Waals surface area contributed by atoms with Crippen molar-refractivity contribution in [3.05, 3.63) is 24.3 Å². The average Bonchev–Trinajstić information content (AvgIpc) is 2.02. The summed E-state index contributed by atoms with van der Waals surface area (Å²) in [6.45, 7) is 0. The van der Waals surface area contributed by atoms with Crippen LogP contribution in [0.25, 0.3) is 0 Å². The van der Waals surface area contributed by atoms with Gasteiger partial charge in [0.25, 0.3) is 0 Å².